The van der Waals surface area contributed by atoms with Crippen molar-refractivity contribution in [2.45, 2.75) is 6.18 Å². The molecular weight excluding hydrogens is 181 g/mol. The fourth-order valence-corrected chi connectivity index (χ4v) is 0.927. The number of methoxy groups -OCH3 is 1. The predicted octanol–water partition coefficient (Wildman–Crippen LogP) is 1.45. The summed E-state index contributed by atoms with van der Waals surface area (Å²) in [4.78, 5) is 10.3. The van der Waals surface area contributed by atoms with Gasteiger partial charge in [0, 0.05) is 0 Å². The van der Waals surface area contributed by atoms with Crippen LogP contribution in [0.25, 0.3) is 0 Å². The van der Waals surface area contributed by atoms with Crippen molar-refractivity contribution in [1.82, 2.24) is 0 Å². The third-order valence-corrected chi connectivity index (χ3v) is 1.68. The van der Waals surface area contributed by atoms with Crippen molar-refractivity contribution >= 4 is 17.7 Å². The van der Waals surface area contributed by atoms with Gasteiger partial charge in [0.05, 0.1) is 18.6 Å². The molecule has 0 aromatic carbocycles. The molecule has 6 heteroatoms. The van der Waals surface area contributed by atoms with Gasteiger partial charge >= 0.3 is 12.1 Å². The van der Waals surface area contributed by atoms with Gasteiger partial charge in [-0.2, -0.15) is 13.2 Å². The Hall–Kier alpha value is -0.390. The lowest BCUT2D eigenvalue weighted by atomic mass is 10.8. The van der Waals surface area contributed by atoms with Crippen LogP contribution in [0.4, 0.5) is 13.2 Å². The van der Waals surface area contributed by atoms with Crippen molar-refractivity contribution in [3.63, 3.8) is 0 Å². The van der Waals surface area contributed by atoms with Crippen molar-refractivity contribution in [3.8, 4) is 0 Å². The van der Waals surface area contributed by atoms with Crippen molar-refractivity contribution < 1.29 is 22.7 Å². The van der Waals surface area contributed by atoms with E-state index in [1.54, 1.807) is 0 Å². The Labute approximate surface area is 66.1 Å². The van der Waals surface area contributed by atoms with E-state index >= 15 is 0 Å². The van der Waals surface area contributed by atoms with E-state index in [1.165, 1.54) is 0 Å². The maximum absolute atomic E-state index is 11.4. The van der Waals surface area contributed by atoms with Crippen LogP contribution in [0.15, 0.2) is 0 Å². The highest BCUT2D eigenvalue weighted by Crippen LogP contribution is 2.20. The molecule has 0 saturated heterocycles. The van der Waals surface area contributed by atoms with Crippen LogP contribution in [0.5, 0.6) is 0 Å². The maximum atomic E-state index is 11.4. The predicted molar refractivity (Wildman–Crippen MR) is 35.4 cm³/mol. The van der Waals surface area contributed by atoms with Crippen molar-refractivity contribution in [2.24, 2.45) is 0 Å². The Bertz CT molecular complexity index is 134. The second-order valence-corrected chi connectivity index (χ2v) is 2.67. The summed E-state index contributed by atoms with van der Waals surface area (Å²) in [6, 6.07) is 0. The zero-order chi connectivity index (χ0) is 8.91. The van der Waals surface area contributed by atoms with E-state index in [2.05, 4.69) is 4.74 Å². The Morgan fingerprint density at radius 1 is 1.55 bits per heavy atom. The molecular formula is C5H7F3O2S. The van der Waals surface area contributed by atoms with E-state index in [-0.39, 0.29) is 5.75 Å². The lowest BCUT2D eigenvalue weighted by Gasteiger charge is -2.03. The van der Waals surface area contributed by atoms with E-state index < -0.39 is 17.9 Å². The van der Waals surface area contributed by atoms with Crippen LogP contribution in [0, 0.1) is 0 Å². The maximum Gasteiger partial charge on any atom is 0.397 e. The molecule has 0 N–H and O–H groups in total. The quantitative estimate of drug-likeness (QED) is 0.627. The van der Waals surface area contributed by atoms with E-state index in [0.717, 1.165) is 7.11 Å². The van der Waals surface area contributed by atoms with Gasteiger partial charge in [-0.25, -0.2) is 0 Å². The van der Waals surface area contributed by atoms with Gasteiger partial charge in [-0.1, -0.05) is 0 Å². The highest BCUT2D eigenvalue weighted by Gasteiger charge is 2.27. The Kier molecular flexibility index (Phi) is 4.32. The highest BCUT2D eigenvalue weighted by molar-refractivity contribution is 7.99. The van der Waals surface area contributed by atoms with Gasteiger partial charge in [-0.15, -0.1) is 11.8 Å². The number of hydrogen-bond donors (Lipinski definition) is 0. The number of halogens is 3. The summed E-state index contributed by atoms with van der Waals surface area (Å²) >= 11 is 0.493. The third-order valence-electron chi connectivity index (χ3n) is 0.713. The molecule has 0 aliphatic heterocycles. The molecule has 0 aromatic rings. The SMILES string of the molecule is COC(=O)CSCC(F)(F)F. The van der Waals surface area contributed by atoms with Gasteiger partial charge < -0.3 is 4.74 Å². The van der Waals surface area contributed by atoms with E-state index in [4.69, 9.17) is 0 Å². The van der Waals surface area contributed by atoms with Gasteiger partial charge in [-0.3, -0.25) is 4.79 Å². The molecule has 66 valence electrons. The van der Waals surface area contributed by atoms with Crippen LogP contribution in [0.3, 0.4) is 0 Å². The average molecular weight is 188 g/mol. The number of carbonyl (C=O) groups is 1. The molecule has 0 spiro atoms. The zero-order valence-corrected chi connectivity index (χ0v) is 6.59. The number of thioether (sulfide) groups is 1. The number of ether oxygens (including phenoxy) is 1. The highest BCUT2D eigenvalue weighted by atomic mass is 32.2. The molecule has 0 aliphatic carbocycles. The fourth-order valence-electron chi connectivity index (χ4n) is 0.309. The summed E-state index contributed by atoms with van der Waals surface area (Å²) in [6.45, 7) is 0. The second-order valence-electron chi connectivity index (χ2n) is 1.68. The summed E-state index contributed by atoms with van der Waals surface area (Å²) in [5.41, 5.74) is 0. The number of alkyl halides is 3. The van der Waals surface area contributed by atoms with Crippen molar-refractivity contribution in [2.75, 3.05) is 18.6 Å². The van der Waals surface area contributed by atoms with Crippen LogP contribution >= 0.6 is 11.8 Å². The first kappa shape index (κ1) is 10.6. The molecule has 0 amide bonds. The topological polar surface area (TPSA) is 26.3 Å². The van der Waals surface area contributed by atoms with E-state index in [0.29, 0.717) is 11.8 Å². The first-order chi connectivity index (χ1) is 4.95. The van der Waals surface area contributed by atoms with Crippen LogP contribution in [-0.4, -0.2) is 30.8 Å². The minimum Gasteiger partial charge on any atom is -0.468 e. The minimum atomic E-state index is -4.21. The van der Waals surface area contributed by atoms with Crippen molar-refractivity contribution in [3.05, 3.63) is 0 Å². The smallest absolute Gasteiger partial charge is 0.397 e. The van der Waals surface area contributed by atoms with Gasteiger partial charge in [0.15, 0.2) is 0 Å². The largest absolute Gasteiger partial charge is 0.468 e. The first-order valence-corrected chi connectivity index (χ1v) is 3.82. The molecule has 0 unspecified atom stereocenters. The number of carbonyl (C=O) groups excluding carboxylic acids is 1. The summed E-state index contributed by atoms with van der Waals surface area (Å²) < 4.78 is 38.4. The lowest BCUT2D eigenvalue weighted by Crippen LogP contribution is -2.13. The monoisotopic (exact) mass is 188 g/mol. The van der Waals surface area contributed by atoms with Gasteiger partial charge in [0.2, 0.25) is 0 Å². The third kappa shape index (κ3) is 7.51. The second kappa shape index (κ2) is 4.48. The Morgan fingerprint density at radius 2 is 2.09 bits per heavy atom. The number of hydrogen-bond acceptors (Lipinski definition) is 3. The van der Waals surface area contributed by atoms with E-state index in [9.17, 15) is 18.0 Å². The van der Waals surface area contributed by atoms with E-state index in [1.807, 2.05) is 0 Å². The molecule has 0 radical (unpaired) electrons. The fraction of sp³-hybridized carbons (Fsp3) is 0.800. The summed E-state index contributed by atoms with van der Waals surface area (Å²) in [6.07, 6.45) is -4.21. The number of esters is 1. The molecule has 2 nitrogen and oxygen atoms in total. The standard InChI is InChI=1S/C5H7F3O2S/c1-10-4(9)2-11-3-5(6,7)8/h2-3H2,1H3. The first-order valence-electron chi connectivity index (χ1n) is 2.67. The zero-order valence-electron chi connectivity index (χ0n) is 5.77. The molecule has 11 heavy (non-hydrogen) atoms. The molecule has 0 aromatic heterocycles. The molecule has 0 saturated carbocycles. The van der Waals surface area contributed by atoms with Crippen LogP contribution in [0.2, 0.25) is 0 Å². The Morgan fingerprint density at radius 3 is 2.45 bits per heavy atom. The molecule has 0 aliphatic rings. The molecule has 0 bridgehead atoms. The van der Waals surface area contributed by atoms with Crippen LogP contribution in [0.1, 0.15) is 0 Å². The summed E-state index contributed by atoms with van der Waals surface area (Å²) in [5, 5.41) is 0. The van der Waals surface area contributed by atoms with Gasteiger partial charge in [0.1, 0.15) is 0 Å². The summed E-state index contributed by atoms with van der Waals surface area (Å²) in [5.74, 6) is -1.91. The van der Waals surface area contributed by atoms with Crippen molar-refractivity contribution in [1.29, 1.82) is 0 Å². The molecule has 0 rings (SSSR count). The lowest BCUT2D eigenvalue weighted by molar-refractivity contribution is -0.137. The number of rotatable bonds is 3. The molecule has 0 heterocycles. The average Bonchev–Trinajstić information content (AvgIpc) is 1.85. The van der Waals surface area contributed by atoms with Gasteiger partial charge in [-0.05, 0) is 0 Å². The van der Waals surface area contributed by atoms with Crippen LogP contribution < -0.4 is 0 Å². The summed E-state index contributed by atoms with van der Waals surface area (Å²) in [7, 11) is 1.14. The van der Waals surface area contributed by atoms with Gasteiger partial charge in [0.25, 0.3) is 0 Å². The normalized spacial score (nSPS) is 11.3. The molecule has 0 atom stereocenters. The Balaban J connectivity index is 3.35. The van der Waals surface area contributed by atoms with Crippen LogP contribution in [-0.2, 0) is 9.53 Å². The minimum absolute atomic E-state index is 0.254. The molecule has 0 fully saturated rings.